The van der Waals surface area contributed by atoms with Crippen LogP contribution in [0.25, 0.3) is 10.8 Å². The third kappa shape index (κ3) is 4.11. The molecular formula is C22H22N2O4S. The molecule has 29 heavy (non-hydrogen) atoms. The molecule has 0 radical (unpaired) electrons. The number of nitrogens with zero attached hydrogens (tertiary/aromatic N) is 1. The Hall–Kier alpha value is -2.90. The molecule has 0 spiro atoms. The SMILES string of the molecule is CCOc1ccc(N2C[C@@H](NS(=O)(=O)c3ccc4ccccc4c3)CC2=O)cc1. The van der Waals surface area contributed by atoms with Gasteiger partial charge < -0.3 is 9.64 Å². The third-order valence-corrected chi connectivity index (χ3v) is 6.46. The van der Waals surface area contributed by atoms with Gasteiger partial charge in [0.05, 0.1) is 11.5 Å². The van der Waals surface area contributed by atoms with Crippen molar-refractivity contribution in [2.24, 2.45) is 0 Å². The first kappa shape index (κ1) is 19.4. The van der Waals surface area contributed by atoms with E-state index in [4.69, 9.17) is 4.74 Å². The van der Waals surface area contributed by atoms with Crippen LogP contribution in [0.5, 0.6) is 5.75 Å². The minimum absolute atomic E-state index is 0.111. The lowest BCUT2D eigenvalue weighted by Gasteiger charge is -2.18. The summed E-state index contributed by atoms with van der Waals surface area (Å²) in [5.41, 5.74) is 0.728. The molecule has 3 aromatic carbocycles. The van der Waals surface area contributed by atoms with E-state index in [2.05, 4.69) is 4.72 Å². The van der Waals surface area contributed by atoms with Crippen LogP contribution in [-0.2, 0) is 14.8 Å². The molecule has 0 bridgehead atoms. The van der Waals surface area contributed by atoms with Crippen LogP contribution >= 0.6 is 0 Å². The number of fused-ring (bicyclic) bond motifs is 1. The maximum Gasteiger partial charge on any atom is 0.240 e. The fraction of sp³-hybridized carbons (Fsp3) is 0.227. The first-order valence-electron chi connectivity index (χ1n) is 9.50. The van der Waals surface area contributed by atoms with Gasteiger partial charge in [-0.15, -0.1) is 0 Å². The van der Waals surface area contributed by atoms with Crippen molar-refractivity contribution < 1.29 is 17.9 Å². The Morgan fingerprint density at radius 1 is 1.03 bits per heavy atom. The lowest BCUT2D eigenvalue weighted by atomic mass is 10.1. The summed E-state index contributed by atoms with van der Waals surface area (Å²) in [4.78, 5) is 14.3. The lowest BCUT2D eigenvalue weighted by molar-refractivity contribution is -0.117. The Morgan fingerprint density at radius 3 is 2.48 bits per heavy atom. The molecule has 1 heterocycles. The standard InChI is InChI=1S/C22H22N2O4S/c1-2-28-20-10-8-19(9-11-20)24-15-18(14-22(24)25)23-29(26,27)21-12-7-16-5-3-4-6-17(16)13-21/h3-13,18,23H,2,14-15H2,1H3/t18-/m0/s1. The van der Waals surface area contributed by atoms with Crippen molar-refractivity contribution in [3.8, 4) is 5.75 Å². The van der Waals surface area contributed by atoms with Crippen molar-refractivity contribution in [2.45, 2.75) is 24.3 Å². The highest BCUT2D eigenvalue weighted by molar-refractivity contribution is 7.89. The summed E-state index contributed by atoms with van der Waals surface area (Å²) in [7, 11) is -3.73. The predicted octanol–water partition coefficient (Wildman–Crippen LogP) is 3.32. The molecule has 0 aromatic heterocycles. The number of benzene rings is 3. The minimum Gasteiger partial charge on any atom is -0.494 e. The largest absolute Gasteiger partial charge is 0.494 e. The van der Waals surface area contributed by atoms with E-state index in [0.717, 1.165) is 22.2 Å². The topological polar surface area (TPSA) is 75.7 Å². The highest BCUT2D eigenvalue weighted by Crippen LogP contribution is 2.25. The monoisotopic (exact) mass is 410 g/mol. The average molecular weight is 410 g/mol. The Bertz CT molecular complexity index is 1140. The van der Waals surface area contributed by atoms with Gasteiger partial charge in [0.2, 0.25) is 15.9 Å². The van der Waals surface area contributed by atoms with Crippen molar-refractivity contribution in [2.75, 3.05) is 18.1 Å². The molecule has 1 saturated heterocycles. The van der Waals surface area contributed by atoms with Gasteiger partial charge in [0, 0.05) is 24.7 Å². The summed E-state index contributed by atoms with van der Waals surface area (Å²) in [5, 5.41) is 1.83. The van der Waals surface area contributed by atoms with Gasteiger partial charge in [-0.25, -0.2) is 13.1 Å². The second-order valence-electron chi connectivity index (χ2n) is 6.96. The number of carbonyl (C=O) groups excluding carboxylic acids is 1. The minimum atomic E-state index is -3.73. The van der Waals surface area contributed by atoms with Crippen LogP contribution in [0.4, 0.5) is 5.69 Å². The molecular weight excluding hydrogens is 388 g/mol. The number of carbonyl (C=O) groups is 1. The fourth-order valence-electron chi connectivity index (χ4n) is 3.55. The molecule has 0 saturated carbocycles. The molecule has 4 rings (SSSR count). The number of hydrogen-bond donors (Lipinski definition) is 1. The average Bonchev–Trinajstić information content (AvgIpc) is 3.07. The Kier molecular flexibility index (Phi) is 5.25. The molecule has 3 aromatic rings. The summed E-state index contributed by atoms with van der Waals surface area (Å²) < 4.78 is 33.8. The van der Waals surface area contributed by atoms with Gasteiger partial charge in [-0.1, -0.05) is 30.3 Å². The number of nitrogens with one attached hydrogen (secondary N) is 1. The number of amides is 1. The van der Waals surface area contributed by atoms with E-state index >= 15 is 0 Å². The normalized spacial score (nSPS) is 17.1. The Labute approximate surface area is 170 Å². The van der Waals surface area contributed by atoms with Gasteiger partial charge in [-0.05, 0) is 54.1 Å². The quantitative estimate of drug-likeness (QED) is 0.676. The van der Waals surface area contributed by atoms with Crippen molar-refractivity contribution in [1.82, 2.24) is 4.72 Å². The molecule has 0 unspecified atom stereocenters. The van der Waals surface area contributed by atoms with Crippen molar-refractivity contribution in [3.05, 3.63) is 66.7 Å². The van der Waals surface area contributed by atoms with Gasteiger partial charge >= 0.3 is 0 Å². The predicted molar refractivity (Wildman–Crippen MR) is 113 cm³/mol. The van der Waals surface area contributed by atoms with E-state index < -0.39 is 16.1 Å². The number of sulfonamides is 1. The maximum absolute atomic E-state index is 12.8. The molecule has 1 aliphatic rings. The summed E-state index contributed by atoms with van der Waals surface area (Å²) in [6.45, 7) is 2.77. The van der Waals surface area contributed by atoms with Gasteiger partial charge in [0.1, 0.15) is 5.75 Å². The van der Waals surface area contributed by atoms with Crippen LogP contribution in [0.3, 0.4) is 0 Å². The molecule has 1 amide bonds. The molecule has 6 nitrogen and oxygen atoms in total. The molecule has 1 fully saturated rings. The molecule has 1 N–H and O–H groups in total. The van der Waals surface area contributed by atoms with Crippen molar-refractivity contribution in [1.29, 1.82) is 0 Å². The second-order valence-corrected chi connectivity index (χ2v) is 8.68. The molecule has 7 heteroatoms. The number of hydrogen-bond acceptors (Lipinski definition) is 4. The summed E-state index contributed by atoms with van der Waals surface area (Å²) in [5.74, 6) is 0.622. The van der Waals surface area contributed by atoms with E-state index in [1.165, 1.54) is 0 Å². The van der Waals surface area contributed by atoms with Crippen LogP contribution in [0.15, 0.2) is 71.6 Å². The van der Waals surface area contributed by atoms with Crippen LogP contribution in [0, 0.1) is 0 Å². The van der Waals surface area contributed by atoms with Gasteiger partial charge in [-0.3, -0.25) is 4.79 Å². The zero-order valence-corrected chi connectivity index (χ0v) is 16.9. The van der Waals surface area contributed by atoms with E-state index in [1.807, 2.05) is 43.3 Å². The summed E-state index contributed by atoms with van der Waals surface area (Å²) >= 11 is 0. The van der Waals surface area contributed by atoms with Crippen LogP contribution in [0.1, 0.15) is 13.3 Å². The maximum atomic E-state index is 12.8. The summed E-state index contributed by atoms with van der Waals surface area (Å²) in [6, 6.07) is 19.4. The zero-order chi connectivity index (χ0) is 20.4. The first-order chi connectivity index (χ1) is 14.0. The van der Waals surface area contributed by atoms with E-state index in [9.17, 15) is 13.2 Å². The van der Waals surface area contributed by atoms with E-state index in [0.29, 0.717) is 13.2 Å². The highest BCUT2D eigenvalue weighted by atomic mass is 32.2. The number of anilines is 1. The smallest absolute Gasteiger partial charge is 0.240 e. The Balaban J connectivity index is 1.49. The van der Waals surface area contributed by atoms with Crippen LogP contribution in [0.2, 0.25) is 0 Å². The molecule has 1 atom stereocenters. The fourth-order valence-corrected chi connectivity index (χ4v) is 4.81. The van der Waals surface area contributed by atoms with Gasteiger partial charge in [0.15, 0.2) is 0 Å². The Morgan fingerprint density at radius 2 is 1.76 bits per heavy atom. The van der Waals surface area contributed by atoms with E-state index in [-0.39, 0.29) is 17.2 Å². The van der Waals surface area contributed by atoms with Crippen LogP contribution < -0.4 is 14.4 Å². The highest BCUT2D eigenvalue weighted by Gasteiger charge is 2.33. The third-order valence-electron chi connectivity index (χ3n) is 4.94. The molecule has 1 aliphatic heterocycles. The van der Waals surface area contributed by atoms with Crippen LogP contribution in [-0.4, -0.2) is 33.5 Å². The van der Waals surface area contributed by atoms with Crippen molar-refractivity contribution in [3.63, 3.8) is 0 Å². The van der Waals surface area contributed by atoms with Gasteiger partial charge in [0.25, 0.3) is 0 Å². The number of ether oxygens (including phenoxy) is 1. The van der Waals surface area contributed by atoms with Crippen molar-refractivity contribution >= 4 is 32.4 Å². The molecule has 0 aliphatic carbocycles. The van der Waals surface area contributed by atoms with Gasteiger partial charge in [-0.2, -0.15) is 0 Å². The van der Waals surface area contributed by atoms with E-state index in [1.54, 1.807) is 35.2 Å². The zero-order valence-electron chi connectivity index (χ0n) is 16.0. The first-order valence-corrected chi connectivity index (χ1v) is 11.0. The lowest BCUT2D eigenvalue weighted by Crippen LogP contribution is -2.37. The summed E-state index contributed by atoms with van der Waals surface area (Å²) in [6.07, 6.45) is 0.125. The number of rotatable bonds is 6. The molecule has 150 valence electrons. The second kappa shape index (κ2) is 7.85.